The number of nitrogens with one attached hydrogen (secondary N) is 1. The Balaban J connectivity index is 2.38. The Labute approximate surface area is 102 Å². The predicted molar refractivity (Wildman–Crippen MR) is 68.7 cm³/mol. The van der Waals surface area contributed by atoms with Gasteiger partial charge in [-0.05, 0) is 31.5 Å². The monoisotopic (exact) mass is 239 g/mol. The second kappa shape index (κ2) is 6.69. The van der Waals surface area contributed by atoms with Crippen molar-refractivity contribution in [3.05, 3.63) is 46.5 Å². The fourth-order valence-electron chi connectivity index (χ4n) is 1.30. The van der Waals surface area contributed by atoms with Gasteiger partial charge in [0, 0.05) is 18.1 Å². The smallest absolute Gasteiger partial charge is 0.0914 e. The molecule has 3 heteroatoms. The Morgan fingerprint density at radius 2 is 2.00 bits per heavy atom. The highest BCUT2D eigenvalue weighted by atomic mass is 35.5. The SMILES string of the molecule is CC(C)=CCNCC(O)c1ccc(Cl)cc1. The van der Waals surface area contributed by atoms with Gasteiger partial charge in [-0.2, -0.15) is 0 Å². The number of aliphatic hydroxyl groups excluding tert-OH is 1. The Bertz CT molecular complexity index is 341. The molecule has 0 aliphatic heterocycles. The van der Waals surface area contributed by atoms with Crippen molar-refractivity contribution in [1.29, 1.82) is 0 Å². The third kappa shape index (κ3) is 4.79. The quantitative estimate of drug-likeness (QED) is 0.612. The summed E-state index contributed by atoms with van der Waals surface area (Å²) in [6.45, 7) is 5.44. The number of allylic oxidation sites excluding steroid dienone is 1. The number of rotatable bonds is 5. The number of hydrogen-bond donors (Lipinski definition) is 2. The molecule has 0 fully saturated rings. The summed E-state index contributed by atoms with van der Waals surface area (Å²) in [5, 5.41) is 13.7. The van der Waals surface area contributed by atoms with Crippen LogP contribution in [0, 0.1) is 0 Å². The Hall–Kier alpha value is -0.830. The van der Waals surface area contributed by atoms with Crippen LogP contribution >= 0.6 is 11.6 Å². The molecular formula is C13H18ClNO. The first-order valence-corrected chi connectivity index (χ1v) is 5.75. The fourth-order valence-corrected chi connectivity index (χ4v) is 1.43. The van der Waals surface area contributed by atoms with E-state index in [1.807, 2.05) is 12.1 Å². The number of aliphatic hydroxyl groups is 1. The summed E-state index contributed by atoms with van der Waals surface area (Å²) < 4.78 is 0. The third-order valence-electron chi connectivity index (χ3n) is 2.25. The first kappa shape index (κ1) is 13.2. The van der Waals surface area contributed by atoms with E-state index < -0.39 is 6.10 Å². The van der Waals surface area contributed by atoms with Crippen molar-refractivity contribution in [3.8, 4) is 0 Å². The van der Waals surface area contributed by atoms with Crippen LogP contribution in [0.2, 0.25) is 5.02 Å². The number of benzene rings is 1. The summed E-state index contributed by atoms with van der Waals surface area (Å²) in [6.07, 6.45) is 1.61. The van der Waals surface area contributed by atoms with E-state index in [4.69, 9.17) is 11.6 Å². The molecule has 2 N–H and O–H groups in total. The molecule has 0 spiro atoms. The van der Waals surface area contributed by atoms with Gasteiger partial charge < -0.3 is 10.4 Å². The van der Waals surface area contributed by atoms with Crippen molar-refractivity contribution in [3.63, 3.8) is 0 Å². The summed E-state index contributed by atoms with van der Waals surface area (Å²) in [5.74, 6) is 0. The maximum Gasteiger partial charge on any atom is 0.0914 e. The molecule has 1 aromatic rings. The van der Waals surface area contributed by atoms with Crippen LogP contribution in [0.3, 0.4) is 0 Å². The lowest BCUT2D eigenvalue weighted by Gasteiger charge is -2.11. The van der Waals surface area contributed by atoms with Crippen LogP contribution in [0.1, 0.15) is 25.5 Å². The van der Waals surface area contributed by atoms with Crippen molar-refractivity contribution in [2.75, 3.05) is 13.1 Å². The minimum Gasteiger partial charge on any atom is -0.387 e. The molecule has 0 radical (unpaired) electrons. The Kier molecular flexibility index (Phi) is 5.53. The molecule has 0 aromatic heterocycles. The van der Waals surface area contributed by atoms with Gasteiger partial charge in [-0.25, -0.2) is 0 Å². The van der Waals surface area contributed by atoms with Crippen LogP contribution in [0.15, 0.2) is 35.9 Å². The zero-order valence-electron chi connectivity index (χ0n) is 9.70. The van der Waals surface area contributed by atoms with Gasteiger partial charge in [0.15, 0.2) is 0 Å². The second-order valence-corrected chi connectivity index (χ2v) is 4.44. The van der Waals surface area contributed by atoms with E-state index in [2.05, 4.69) is 25.2 Å². The Morgan fingerprint density at radius 3 is 2.56 bits per heavy atom. The summed E-state index contributed by atoms with van der Waals surface area (Å²) in [4.78, 5) is 0. The standard InChI is InChI=1S/C13H18ClNO/c1-10(2)7-8-15-9-13(16)11-3-5-12(14)6-4-11/h3-7,13,15-16H,8-9H2,1-2H3. The van der Waals surface area contributed by atoms with Crippen molar-refractivity contribution >= 4 is 11.6 Å². The molecule has 0 heterocycles. The van der Waals surface area contributed by atoms with E-state index in [1.165, 1.54) is 5.57 Å². The highest BCUT2D eigenvalue weighted by molar-refractivity contribution is 6.30. The summed E-state index contributed by atoms with van der Waals surface area (Å²) >= 11 is 5.77. The zero-order valence-corrected chi connectivity index (χ0v) is 10.5. The van der Waals surface area contributed by atoms with E-state index in [1.54, 1.807) is 12.1 Å². The molecule has 0 bridgehead atoms. The zero-order chi connectivity index (χ0) is 12.0. The van der Waals surface area contributed by atoms with Gasteiger partial charge in [0.2, 0.25) is 0 Å². The van der Waals surface area contributed by atoms with Gasteiger partial charge in [0.1, 0.15) is 0 Å². The van der Waals surface area contributed by atoms with E-state index in [9.17, 15) is 5.11 Å². The minimum atomic E-state index is -0.483. The van der Waals surface area contributed by atoms with Crippen LogP contribution in [-0.2, 0) is 0 Å². The number of halogens is 1. The first-order valence-electron chi connectivity index (χ1n) is 5.37. The lowest BCUT2D eigenvalue weighted by Crippen LogP contribution is -2.21. The maximum atomic E-state index is 9.85. The van der Waals surface area contributed by atoms with E-state index in [-0.39, 0.29) is 0 Å². The van der Waals surface area contributed by atoms with Crippen molar-refractivity contribution < 1.29 is 5.11 Å². The summed E-state index contributed by atoms with van der Waals surface area (Å²) in [6, 6.07) is 7.26. The molecule has 2 nitrogen and oxygen atoms in total. The number of hydrogen-bond acceptors (Lipinski definition) is 2. The largest absolute Gasteiger partial charge is 0.387 e. The molecule has 16 heavy (non-hydrogen) atoms. The van der Waals surface area contributed by atoms with Crippen LogP contribution < -0.4 is 5.32 Å². The first-order chi connectivity index (χ1) is 7.59. The van der Waals surface area contributed by atoms with Gasteiger partial charge in [0.05, 0.1) is 6.10 Å². The van der Waals surface area contributed by atoms with Gasteiger partial charge >= 0.3 is 0 Å². The van der Waals surface area contributed by atoms with Gasteiger partial charge in [-0.3, -0.25) is 0 Å². The highest BCUT2D eigenvalue weighted by Crippen LogP contribution is 2.15. The van der Waals surface area contributed by atoms with E-state index >= 15 is 0 Å². The van der Waals surface area contributed by atoms with Gasteiger partial charge in [-0.1, -0.05) is 35.4 Å². The highest BCUT2D eigenvalue weighted by Gasteiger charge is 2.05. The predicted octanol–water partition coefficient (Wildman–Crippen LogP) is 2.93. The van der Waals surface area contributed by atoms with Crippen molar-refractivity contribution in [1.82, 2.24) is 5.32 Å². The Morgan fingerprint density at radius 1 is 1.38 bits per heavy atom. The topological polar surface area (TPSA) is 32.3 Å². The average molecular weight is 240 g/mol. The molecule has 0 aliphatic rings. The third-order valence-corrected chi connectivity index (χ3v) is 2.50. The molecule has 0 saturated heterocycles. The summed E-state index contributed by atoms with van der Waals surface area (Å²) in [5.41, 5.74) is 2.16. The molecule has 88 valence electrons. The second-order valence-electron chi connectivity index (χ2n) is 4.01. The molecule has 1 unspecified atom stereocenters. The lowest BCUT2D eigenvalue weighted by atomic mass is 10.1. The van der Waals surface area contributed by atoms with Crippen molar-refractivity contribution in [2.24, 2.45) is 0 Å². The maximum absolute atomic E-state index is 9.85. The van der Waals surface area contributed by atoms with Crippen LogP contribution in [0.5, 0.6) is 0 Å². The minimum absolute atomic E-state index is 0.483. The lowest BCUT2D eigenvalue weighted by molar-refractivity contribution is 0.176. The molecule has 1 rings (SSSR count). The molecule has 0 saturated carbocycles. The van der Waals surface area contributed by atoms with Gasteiger partial charge in [0.25, 0.3) is 0 Å². The normalized spacial score (nSPS) is 12.2. The fraction of sp³-hybridized carbons (Fsp3) is 0.385. The molecule has 0 amide bonds. The van der Waals surface area contributed by atoms with E-state index in [0.717, 1.165) is 12.1 Å². The van der Waals surface area contributed by atoms with E-state index in [0.29, 0.717) is 11.6 Å². The molecule has 0 aliphatic carbocycles. The molecule has 1 aromatic carbocycles. The average Bonchev–Trinajstić information content (AvgIpc) is 2.25. The summed E-state index contributed by atoms with van der Waals surface area (Å²) in [7, 11) is 0. The van der Waals surface area contributed by atoms with Crippen molar-refractivity contribution in [2.45, 2.75) is 20.0 Å². The van der Waals surface area contributed by atoms with Gasteiger partial charge in [-0.15, -0.1) is 0 Å². The van der Waals surface area contributed by atoms with Crippen LogP contribution in [-0.4, -0.2) is 18.2 Å². The molecule has 1 atom stereocenters. The van der Waals surface area contributed by atoms with Crippen LogP contribution in [0.4, 0.5) is 0 Å². The molecular weight excluding hydrogens is 222 g/mol. The van der Waals surface area contributed by atoms with Crippen LogP contribution in [0.25, 0.3) is 0 Å².